The number of carbonyl (C=O) groups excluding carboxylic acids is 1. The summed E-state index contributed by atoms with van der Waals surface area (Å²) in [5, 5.41) is 1.99. The van der Waals surface area contributed by atoms with Crippen molar-refractivity contribution in [1.29, 1.82) is 0 Å². The number of thiophene rings is 1. The number of ketones is 1. The van der Waals surface area contributed by atoms with Gasteiger partial charge >= 0.3 is 0 Å². The Hall–Kier alpha value is -1.09. The van der Waals surface area contributed by atoms with E-state index in [1.165, 1.54) is 12.3 Å². The molecule has 1 unspecified atom stereocenters. The van der Waals surface area contributed by atoms with Crippen LogP contribution < -0.4 is 0 Å². The molecule has 2 rings (SSSR count). The summed E-state index contributed by atoms with van der Waals surface area (Å²) in [4.78, 5) is 12.3. The SMILES string of the molecule is CC1(c2cccs2)CC(=O)C=CO1. The Morgan fingerprint density at radius 1 is 1.62 bits per heavy atom. The van der Waals surface area contributed by atoms with Crippen LogP contribution in [0.5, 0.6) is 0 Å². The Balaban J connectivity index is 2.32. The van der Waals surface area contributed by atoms with Gasteiger partial charge in [-0.05, 0) is 18.4 Å². The zero-order chi connectivity index (χ0) is 9.31. The van der Waals surface area contributed by atoms with Crippen molar-refractivity contribution in [2.24, 2.45) is 0 Å². The normalized spacial score (nSPS) is 27.3. The summed E-state index contributed by atoms with van der Waals surface area (Å²) < 4.78 is 5.49. The number of hydrogen-bond donors (Lipinski definition) is 0. The van der Waals surface area contributed by atoms with Gasteiger partial charge in [-0.2, -0.15) is 0 Å². The van der Waals surface area contributed by atoms with Gasteiger partial charge in [0.2, 0.25) is 0 Å². The van der Waals surface area contributed by atoms with Crippen LogP contribution in [0.15, 0.2) is 29.9 Å². The number of hydrogen-bond acceptors (Lipinski definition) is 3. The first-order chi connectivity index (χ1) is 6.21. The van der Waals surface area contributed by atoms with Crippen molar-refractivity contribution in [3.8, 4) is 0 Å². The molecule has 3 heteroatoms. The molecule has 0 aliphatic carbocycles. The molecule has 1 aromatic rings. The molecule has 1 atom stereocenters. The molecule has 0 saturated heterocycles. The van der Waals surface area contributed by atoms with Crippen molar-refractivity contribution in [1.82, 2.24) is 0 Å². The van der Waals surface area contributed by atoms with Gasteiger partial charge in [-0.1, -0.05) is 6.07 Å². The van der Waals surface area contributed by atoms with Gasteiger partial charge in [-0.3, -0.25) is 4.79 Å². The van der Waals surface area contributed by atoms with Crippen molar-refractivity contribution in [2.75, 3.05) is 0 Å². The quantitative estimate of drug-likeness (QED) is 0.686. The number of rotatable bonds is 1. The van der Waals surface area contributed by atoms with Crippen LogP contribution in [0.4, 0.5) is 0 Å². The molecule has 0 aromatic carbocycles. The standard InChI is InChI=1S/C10H10O2S/c1-10(9-3-2-6-13-9)7-8(11)4-5-12-10/h2-6H,7H2,1H3. The summed E-state index contributed by atoms with van der Waals surface area (Å²) in [6, 6.07) is 3.97. The summed E-state index contributed by atoms with van der Waals surface area (Å²) in [6.45, 7) is 1.94. The predicted molar refractivity (Wildman–Crippen MR) is 51.5 cm³/mol. The average Bonchev–Trinajstić information content (AvgIpc) is 2.55. The molecule has 1 aromatic heterocycles. The van der Waals surface area contributed by atoms with Crippen LogP contribution >= 0.6 is 11.3 Å². The van der Waals surface area contributed by atoms with Crippen LogP contribution in [0.1, 0.15) is 18.2 Å². The first-order valence-electron chi connectivity index (χ1n) is 4.12. The lowest BCUT2D eigenvalue weighted by molar-refractivity contribution is -0.121. The molecule has 0 spiro atoms. The van der Waals surface area contributed by atoms with Gasteiger partial charge < -0.3 is 4.74 Å². The Bertz CT molecular complexity index is 340. The minimum atomic E-state index is -0.444. The Morgan fingerprint density at radius 2 is 2.46 bits per heavy atom. The van der Waals surface area contributed by atoms with Crippen molar-refractivity contribution < 1.29 is 9.53 Å². The number of carbonyl (C=O) groups is 1. The summed E-state index contributed by atoms with van der Waals surface area (Å²) in [5.41, 5.74) is -0.444. The summed E-state index contributed by atoms with van der Waals surface area (Å²) in [7, 11) is 0. The van der Waals surface area contributed by atoms with Crippen molar-refractivity contribution in [3.63, 3.8) is 0 Å². The Morgan fingerprint density at radius 3 is 3.08 bits per heavy atom. The maximum absolute atomic E-state index is 11.2. The minimum Gasteiger partial charge on any atom is -0.489 e. The van der Waals surface area contributed by atoms with Gasteiger partial charge in [-0.15, -0.1) is 11.3 Å². The van der Waals surface area contributed by atoms with E-state index in [4.69, 9.17) is 4.74 Å². The van der Waals surface area contributed by atoms with Gasteiger partial charge in [0.05, 0.1) is 12.7 Å². The lowest BCUT2D eigenvalue weighted by Crippen LogP contribution is -2.28. The molecule has 0 fully saturated rings. The van der Waals surface area contributed by atoms with E-state index in [0.717, 1.165) is 4.88 Å². The highest BCUT2D eigenvalue weighted by atomic mass is 32.1. The maximum atomic E-state index is 11.2. The molecular weight excluding hydrogens is 184 g/mol. The average molecular weight is 194 g/mol. The molecule has 0 saturated carbocycles. The highest BCUT2D eigenvalue weighted by molar-refractivity contribution is 7.10. The zero-order valence-electron chi connectivity index (χ0n) is 7.32. The first-order valence-corrected chi connectivity index (χ1v) is 5.00. The third kappa shape index (κ3) is 1.52. The van der Waals surface area contributed by atoms with E-state index in [1.54, 1.807) is 11.3 Å². The number of ether oxygens (including phenoxy) is 1. The van der Waals surface area contributed by atoms with E-state index in [2.05, 4.69) is 0 Å². The molecule has 13 heavy (non-hydrogen) atoms. The monoisotopic (exact) mass is 194 g/mol. The lowest BCUT2D eigenvalue weighted by atomic mass is 9.95. The van der Waals surface area contributed by atoms with Crippen molar-refractivity contribution in [3.05, 3.63) is 34.7 Å². The Kier molecular flexibility index (Phi) is 1.96. The smallest absolute Gasteiger partial charge is 0.163 e. The van der Waals surface area contributed by atoms with E-state index in [-0.39, 0.29) is 5.78 Å². The van der Waals surface area contributed by atoms with Crippen LogP contribution in [-0.4, -0.2) is 5.78 Å². The van der Waals surface area contributed by atoms with Crippen molar-refractivity contribution >= 4 is 17.1 Å². The molecule has 1 aliphatic rings. The fourth-order valence-corrected chi connectivity index (χ4v) is 2.25. The first kappa shape index (κ1) is 8.51. The third-order valence-corrected chi connectivity index (χ3v) is 3.25. The van der Waals surface area contributed by atoms with E-state index < -0.39 is 5.60 Å². The third-order valence-electron chi connectivity index (χ3n) is 2.14. The summed E-state index contributed by atoms with van der Waals surface area (Å²) in [5.74, 6) is 0.127. The molecule has 0 N–H and O–H groups in total. The molecular formula is C10H10O2S. The second-order valence-electron chi connectivity index (χ2n) is 3.27. The molecule has 2 heterocycles. The van der Waals surface area contributed by atoms with Crippen LogP contribution in [-0.2, 0) is 15.1 Å². The maximum Gasteiger partial charge on any atom is 0.163 e. The minimum absolute atomic E-state index is 0.127. The summed E-state index contributed by atoms with van der Waals surface area (Å²) in [6.07, 6.45) is 3.41. The highest BCUT2D eigenvalue weighted by Crippen LogP contribution is 2.34. The van der Waals surface area contributed by atoms with Gasteiger partial charge in [0.25, 0.3) is 0 Å². The van der Waals surface area contributed by atoms with Crippen LogP contribution in [0.2, 0.25) is 0 Å². The van der Waals surface area contributed by atoms with E-state index >= 15 is 0 Å². The topological polar surface area (TPSA) is 26.3 Å². The molecule has 0 bridgehead atoms. The molecule has 0 radical (unpaired) electrons. The predicted octanol–water partition coefficient (Wildman–Crippen LogP) is 2.47. The molecule has 68 valence electrons. The lowest BCUT2D eigenvalue weighted by Gasteiger charge is -2.29. The van der Waals surface area contributed by atoms with Crippen molar-refractivity contribution in [2.45, 2.75) is 18.9 Å². The highest BCUT2D eigenvalue weighted by Gasteiger charge is 2.33. The van der Waals surface area contributed by atoms with Gasteiger partial charge in [0.1, 0.15) is 5.60 Å². The molecule has 0 amide bonds. The van der Waals surface area contributed by atoms with Crippen LogP contribution in [0.3, 0.4) is 0 Å². The fraction of sp³-hybridized carbons (Fsp3) is 0.300. The zero-order valence-corrected chi connectivity index (χ0v) is 8.14. The Labute approximate surface area is 80.8 Å². The molecule has 1 aliphatic heterocycles. The van der Waals surface area contributed by atoms with Gasteiger partial charge in [0, 0.05) is 11.0 Å². The fourth-order valence-electron chi connectivity index (χ4n) is 1.42. The largest absolute Gasteiger partial charge is 0.489 e. The van der Waals surface area contributed by atoms with E-state index in [0.29, 0.717) is 6.42 Å². The van der Waals surface area contributed by atoms with Gasteiger partial charge in [-0.25, -0.2) is 0 Å². The summed E-state index contributed by atoms with van der Waals surface area (Å²) >= 11 is 1.62. The second kappa shape index (κ2) is 3.00. The van der Waals surface area contributed by atoms with Gasteiger partial charge in [0.15, 0.2) is 5.78 Å². The second-order valence-corrected chi connectivity index (χ2v) is 4.22. The number of allylic oxidation sites excluding steroid dienone is 1. The van der Waals surface area contributed by atoms with Crippen LogP contribution in [0, 0.1) is 0 Å². The van der Waals surface area contributed by atoms with E-state index in [1.807, 2.05) is 24.4 Å². The molecule has 2 nitrogen and oxygen atoms in total. The van der Waals surface area contributed by atoms with E-state index in [9.17, 15) is 4.79 Å². The van der Waals surface area contributed by atoms with Crippen LogP contribution in [0.25, 0.3) is 0 Å².